The van der Waals surface area contributed by atoms with Crippen molar-refractivity contribution in [3.63, 3.8) is 0 Å². The Balaban J connectivity index is 1.25. The molecule has 1 aliphatic carbocycles. The molecule has 0 unspecified atom stereocenters. The molecule has 1 aliphatic heterocycles. The molecule has 2 atom stereocenters. The third-order valence-corrected chi connectivity index (χ3v) is 5.79. The first kappa shape index (κ1) is 27.0. The number of nitrogens with zero attached hydrogens (tertiary/aromatic N) is 2. The van der Waals surface area contributed by atoms with E-state index in [4.69, 9.17) is 13.9 Å². The van der Waals surface area contributed by atoms with Crippen molar-refractivity contribution in [2.45, 2.75) is 61.9 Å². The Morgan fingerprint density at radius 2 is 1.70 bits per heavy atom. The molecule has 2 heterocycles. The second-order valence-electron chi connectivity index (χ2n) is 8.55. The smallest absolute Gasteiger partial charge is 0.484 e. The summed E-state index contributed by atoms with van der Waals surface area (Å²) in [5.74, 6) is -5.28. The molecule has 0 bridgehead atoms. The first-order valence-electron chi connectivity index (χ1n) is 10.9. The van der Waals surface area contributed by atoms with E-state index in [2.05, 4.69) is 20.3 Å². The molecule has 1 saturated heterocycles. The van der Waals surface area contributed by atoms with Gasteiger partial charge in [-0.15, -0.1) is 23.4 Å². The van der Waals surface area contributed by atoms with Crippen LogP contribution in [0.4, 0.5) is 35.1 Å². The van der Waals surface area contributed by atoms with Crippen molar-refractivity contribution in [3.05, 3.63) is 41.6 Å². The van der Waals surface area contributed by atoms with Crippen LogP contribution in [-0.4, -0.2) is 53.7 Å². The highest BCUT2D eigenvalue weighted by molar-refractivity contribution is 5.78. The van der Waals surface area contributed by atoms with E-state index in [0.717, 1.165) is 24.3 Å². The molecule has 2 aliphatic rings. The number of aromatic nitrogens is 2. The van der Waals surface area contributed by atoms with Crippen LogP contribution < -0.4 is 10.1 Å². The van der Waals surface area contributed by atoms with E-state index in [9.17, 15) is 39.9 Å². The summed E-state index contributed by atoms with van der Waals surface area (Å²) >= 11 is 0. The third-order valence-electron chi connectivity index (χ3n) is 5.79. The molecule has 1 aromatic heterocycles. The van der Waals surface area contributed by atoms with Crippen molar-refractivity contribution in [3.8, 4) is 5.75 Å². The minimum Gasteiger partial charge on any atom is -0.484 e. The zero-order valence-electron chi connectivity index (χ0n) is 18.6. The van der Waals surface area contributed by atoms with Crippen LogP contribution >= 0.6 is 0 Å². The van der Waals surface area contributed by atoms with E-state index < -0.39 is 73.7 Å². The molecule has 1 aromatic carbocycles. The zero-order valence-corrected chi connectivity index (χ0v) is 18.6. The lowest BCUT2D eigenvalue weighted by atomic mass is 9.82. The number of carbonyl (C=O) groups excluding carboxylic acids is 1. The lowest BCUT2D eigenvalue weighted by Gasteiger charge is -2.35. The Labute approximate surface area is 203 Å². The highest BCUT2D eigenvalue weighted by Gasteiger charge is 2.49. The van der Waals surface area contributed by atoms with Gasteiger partial charge in [-0.2, -0.15) is 13.2 Å². The maximum atomic E-state index is 14.7. The van der Waals surface area contributed by atoms with Crippen molar-refractivity contribution in [2.24, 2.45) is 0 Å². The molecule has 204 valence electrons. The number of hydrogen-bond donors (Lipinski definition) is 1. The fraction of sp³-hybridized carbons (Fsp3) is 0.571. The Hall–Kier alpha value is -3.01. The fourth-order valence-electron chi connectivity index (χ4n) is 3.81. The number of halogens is 8. The van der Waals surface area contributed by atoms with Gasteiger partial charge in [-0.1, -0.05) is 0 Å². The van der Waals surface area contributed by atoms with Gasteiger partial charge in [0.1, 0.15) is 17.9 Å². The Morgan fingerprint density at radius 3 is 2.30 bits per heavy atom. The van der Waals surface area contributed by atoms with Crippen LogP contribution in [0.25, 0.3) is 0 Å². The molecule has 8 nitrogen and oxygen atoms in total. The molecule has 2 fully saturated rings. The second kappa shape index (κ2) is 10.0. The van der Waals surface area contributed by atoms with Crippen LogP contribution in [0.15, 0.2) is 28.7 Å². The van der Waals surface area contributed by atoms with Gasteiger partial charge in [0.15, 0.2) is 6.61 Å². The van der Waals surface area contributed by atoms with Crippen molar-refractivity contribution in [1.82, 2.24) is 15.5 Å². The number of amides is 1. The van der Waals surface area contributed by atoms with Gasteiger partial charge in [0.2, 0.25) is 11.8 Å². The molecule has 4 rings (SSSR count). The molecule has 16 heteroatoms. The highest BCUT2D eigenvalue weighted by Crippen LogP contribution is 2.43. The van der Waals surface area contributed by atoms with Gasteiger partial charge in [-0.3, -0.25) is 9.53 Å². The van der Waals surface area contributed by atoms with E-state index in [1.54, 1.807) is 0 Å². The Kier molecular flexibility index (Phi) is 7.34. The second-order valence-corrected chi connectivity index (χ2v) is 8.55. The SMILES string of the molecule is O=C(COc1ccc(C(F)(F)F)cc1)N[C@H]1CO[C@H](c2nnc(C3CC(OC(F)(F)F)C3)o2)CC1(F)F. The van der Waals surface area contributed by atoms with Crippen LogP contribution in [0.5, 0.6) is 5.75 Å². The average Bonchev–Trinajstić information content (AvgIpc) is 3.24. The average molecular weight is 545 g/mol. The summed E-state index contributed by atoms with van der Waals surface area (Å²) in [4.78, 5) is 12.1. The topological polar surface area (TPSA) is 95.7 Å². The number of hydrogen-bond acceptors (Lipinski definition) is 7. The molecule has 1 amide bonds. The van der Waals surface area contributed by atoms with Crippen LogP contribution in [-0.2, 0) is 20.4 Å². The van der Waals surface area contributed by atoms with E-state index in [1.807, 2.05) is 0 Å². The molecular weight excluding hydrogens is 526 g/mol. The molecule has 0 radical (unpaired) electrons. The Bertz CT molecular complexity index is 1080. The van der Waals surface area contributed by atoms with Crippen molar-refractivity contribution in [1.29, 1.82) is 0 Å². The summed E-state index contributed by atoms with van der Waals surface area (Å²) in [6, 6.07) is 1.75. The van der Waals surface area contributed by atoms with Crippen molar-refractivity contribution in [2.75, 3.05) is 13.2 Å². The minimum atomic E-state index is -4.77. The largest absolute Gasteiger partial charge is 0.522 e. The normalized spacial score (nSPS) is 25.8. The van der Waals surface area contributed by atoms with Gasteiger partial charge in [-0.25, -0.2) is 8.78 Å². The summed E-state index contributed by atoms with van der Waals surface area (Å²) < 4.78 is 123. The summed E-state index contributed by atoms with van der Waals surface area (Å²) in [6.45, 7) is -1.36. The maximum Gasteiger partial charge on any atom is 0.522 e. The predicted molar refractivity (Wildman–Crippen MR) is 104 cm³/mol. The lowest BCUT2D eigenvalue weighted by Crippen LogP contribution is -2.55. The maximum absolute atomic E-state index is 14.7. The van der Waals surface area contributed by atoms with E-state index in [-0.39, 0.29) is 30.4 Å². The molecule has 1 saturated carbocycles. The van der Waals surface area contributed by atoms with Gasteiger partial charge in [-0.05, 0) is 37.1 Å². The summed E-state index contributed by atoms with van der Waals surface area (Å²) in [7, 11) is 0. The Morgan fingerprint density at radius 1 is 1.05 bits per heavy atom. The summed E-state index contributed by atoms with van der Waals surface area (Å²) in [5.41, 5.74) is -0.918. The molecule has 1 N–H and O–H groups in total. The van der Waals surface area contributed by atoms with Gasteiger partial charge in [0, 0.05) is 12.3 Å². The molecular formula is C21H19F8N3O5. The molecule has 0 spiro atoms. The monoisotopic (exact) mass is 545 g/mol. The first-order chi connectivity index (χ1) is 17.2. The molecule has 37 heavy (non-hydrogen) atoms. The van der Waals surface area contributed by atoms with Crippen LogP contribution in [0.1, 0.15) is 48.6 Å². The van der Waals surface area contributed by atoms with Gasteiger partial charge in [0.05, 0.1) is 18.3 Å². The van der Waals surface area contributed by atoms with Gasteiger partial charge >= 0.3 is 12.5 Å². The highest BCUT2D eigenvalue weighted by atomic mass is 19.4. The van der Waals surface area contributed by atoms with E-state index >= 15 is 0 Å². The predicted octanol–water partition coefficient (Wildman–Crippen LogP) is 4.53. The van der Waals surface area contributed by atoms with Crippen LogP contribution in [0.3, 0.4) is 0 Å². The van der Waals surface area contributed by atoms with Crippen molar-refractivity contribution >= 4 is 5.91 Å². The number of carbonyl (C=O) groups is 1. The summed E-state index contributed by atoms with van der Waals surface area (Å²) in [6.07, 6.45) is -12.6. The summed E-state index contributed by atoms with van der Waals surface area (Å²) in [5, 5.41) is 9.43. The number of alkyl halides is 8. The van der Waals surface area contributed by atoms with E-state index in [1.165, 1.54) is 0 Å². The molecule has 2 aromatic rings. The van der Waals surface area contributed by atoms with Gasteiger partial charge < -0.3 is 19.2 Å². The van der Waals surface area contributed by atoms with Crippen LogP contribution in [0.2, 0.25) is 0 Å². The lowest BCUT2D eigenvalue weighted by molar-refractivity contribution is -0.352. The van der Waals surface area contributed by atoms with E-state index in [0.29, 0.717) is 0 Å². The minimum absolute atomic E-state index is 0.0141. The zero-order chi connectivity index (χ0) is 27.0. The van der Waals surface area contributed by atoms with Crippen LogP contribution in [0, 0.1) is 0 Å². The number of benzene rings is 1. The number of ether oxygens (including phenoxy) is 3. The standard InChI is InChI=1S/C21H19F8N3O5/c22-19(23)7-14(18-32-31-17(36-18)10-5-13(6-10)37-21(27,28)29)35-8-15(19)30-16(33)9-34-12-3-1-11(2-4-12)20(24,25)26/h1-4,10,13-15H,5-9H2,(H,30,33)/t10?,13?,14-,15-/m0/s1. The number of rotatable bonds is 7. The third kappa shape index (κ3) is 6.85. The van der Waals surface area contributed by atoms with Crippen molar-refractivity contribution < 1.29 is 58.5 Å². The quantitative estimate of drug-likeness (QED) is 0.511. The van der Waals surface area contributed by atoms with Gasteiger partial charge in [0.25, 0.3) is 11.8 Å². The fourth-order valence-corrected chi connectivity index (χ4v) is 3.81. The number of nitrogens with one attached hydrogen (secondary N) is 1. The first-order valence-corrected chi connectivity index (χ1v) is 10.9.